The van der Waals surface area contributed by atoms with Crippen molar-refractivity contribution >= 4 is 27.5 Å². The molecular weight excluding hydrogens is 308 g/mol. The molecule has 0 saturated heterocycles. The van der Waals surface area contributed by atoms with Gasteiger partial charge < -0.3 is 5.32 Å². The first-order chi connectivity index (χ1) is 8.47. The lowest BCUT2D eigenvalue weighted by Crippen LogP contribution is -2.15. The lowest BCUT2D eigenvalue weighted by molar-refractivity contribution is 0.102. The molecule has 0 fully saturated rings. The third kappa shape index (κ3) is 2.56. The van der Waals surface area contributed by atoms with Crippen molar-refractivity contribution in [1.82, 2.24) is 9.78 Å². The molecule has 0 unspecified atom stereocenters. The number of rotatable bonds is 2. The average molecular weight is 316 g/mol. The molecule has 0 saturated carbocycles. The predicted molar refractivity (Wildman–Crippen MR) is 65.2 cm³/mol. The van der Waals surface area contributed by atoms with Crippen molar-refractivity contribution in [2.24, 2.45) is 7.05 Å². The van der Waals surface area contributed by atoms with Gasteiger partial charge in [-0.05, 0) is 18.2 Å². The van der Waals surface area contributed by atoms with Gasteiger partial charge in [-0.2, -0.15) is 5.10 Å². The van der Waals surface area contributed by atoms with E-state index >= 15 is 0 Å². The Morgan fingerprint density at radius 2 is 2.00 bits per heavy atom. The summed E-state index contributed by atoms with van der Waals surface area (Å²) in [5, 5.41) is 5.98. The summed E-state index contributed by atoms with van der Waals surface area (Å²) in [6.45, 7) is 0. The van der Waals surface area contributed by atoms with Crippen molar-refractivity contribution in [3.05, 3.63) is 46.2 Å². The number of carbonyl (C=O) groups excluding carboxylic acids is 1. The predicted octanol–water partition coefficient (Wildman–Crippen LogP) is 2.71. The minimum absolute atomic E-state index is 0.0826. The Labute approximate surface area is 110 Å². The summed E-state index contributed by atoms with van der Waals surface area (Å²) in [7, 11) is 1.64. The fourth-order valence-electron chi connectivity index (χ4n) is 1.38. The fourth-order valence-corrected chi connectivity index (χ4v) is 1.78. The first-order valence-electron chi connectivity index (χ1n) is 4.93. The molecule has 7 heteroatoms. The van der Waals surface area contributed by atoms with Gasteiger partial charge in [0.2, 0.25) is 0 Å². The molecule has 2 aromatic rings. The highest BCUT2D eigenvalue weighted by atomic mass is 79.9. The third-order valence-electron chi connectivity index (χ3n) is 2.19. The van der Waals surface area contributed by atoms with Crippen LogP contribution in [0.15, 0.2) is 28.9 Å². The van der Waals surface area contributed by atoms with E-state index < -0.39 is 23.2 Å². The molecule has 0 aliphatic rings. The number of amides is 1. The van der Waals surface area contributed by atoms with E-state index in [1.165, 1.54) is 10.7 Å². The Balaban J connectivity index is 2.27. The number of anilines is 1. The van der Waals surface area contributed by atoms with Crippen LogP contribution in [0.4, 0.5) is 14.5 Å². The molecule has 1 amide bonds. The molecule has 1 heterocycles. The van der Waals surface area contributed by atoms with Crippen molar-refractivity contribution in [2.75, 3.05) is 5.32 Å². The number of carbonyl (C=O) groups is 1. The summed E-state index contributed by atoms with van der Waals surface area (Å²) in [6.07, 6.45) is 1.56. The summed E-state index contributed by atoms with van der Waals surface area (Å²) in [5.41, 5.74) is -0.409. The molecule has 0 aliphatic carbocycles. The van der Waals surface area contributed by atoms with E-state index in [0.29, 0.717) is 0 Å². The molecule has 94 valence electrons. The van der Waals surface area contributed by atoms with Crippen LogP contribution in [0.2, 0.25) is 0 Å². The van der Waals surface area contributed by atoms with E-state index in [1.54, 1.807) is 13.2 Å². The Hall–Kier alpha value is -1.76. The molecule has 0 aliphatic heterocycles. The molecule has 4 nitrogen and oxygen atoms in total. The maximum atomic E-state index is 13.5. The van der Waals surface area contributed by atoms with Crippen LogP contribution in [-0.2, 0) is 7.05 Å². The Kier molecular flexibility index (Phi) is 3.42. The number of hydrogen-bond acceptors (Lipinski definition) is 2. The summed E-state index contributed by atoms with van der Waals surface area (Å²) < 4.78 is 28.6. The average Bonchev–Trinajstić information content (AvgIpc) is 2.70. The van der Waals surface area contributed by atoms with Gasteiger partial charge in [-0.25, -0.2) is 8.78 Å². The minimum atomic E-state index is -0.855. The molecular formula is C11H8BrF2N3O. The van der Waals surface area contributed by atoms with Crippen LogP contribution in [0.1, 0.15) is 10.5 Å². The van der Waals surface area contributed by atoms with Crippen molar-refractivity contribution in [2.45, 2.75) is 0 Å². The normalized spacial score (nSPS) is 10.4. The number of aromatic nitrogens is 2. The van der Waals surface area contributed by atoms with Gasteiger partial charge in [0.25, 0.3) is 5.91 Å². The first kappa shape index (κ1) is 12.7. The molecule has 0 atom stereocenters. The summed E-state index contributed by atoms with van der Waals surface area (Å²) >= 11 is 2.95. The SMILES string of the molecule is Cn1ccc(C(=O)Nc2c(F)cc(Br)cc2F)n1. The minimum Gasteiger partial charge on any atom is -0.316 e. The standard InChI is InChI=1S/C11H8BrF2N3O/c1-17-3-2-9(16-17)11(18)15-10-7(13)4-6(12)5-8(10)14/h2-5H,1H3,(H,15,18). The van der Waals surface area contributed by atoms with Crippen LogP contribution in [0.25, 0.3) is 0 Å². The highest BCUT2D eigenvalue weighted by molar-refractivity contribution is 9.10. The number of hydrogen-bond donors (Lipinski definition) is 1. The lowest BCUT2D eigenvalue weighted by atomic mass is 10.2. The number of halogens is 3. The van der Waals surface area contributed by atoms with Crippen LogP contribution < -0.4 is 5.32 Å². The third-order valence-corrected chi connectivity index (χ3v) is 2.65. The monoisotopic (exact) mass is 315 g/mol. The quantitative estimate of drug-likeness (QED) is 0.926. The van der Waals surface area contributed by atoms with Crippen LogP contribution in [0.5, 0.6) is 0 Å². The Morgan fingerprint density at radius 1 is 1.39 bits per heavy atom. The topological polar surface area (TPSA) is 46.9 Å². The summed E-state index contributed by atoms with van der Waals surface area (Å²) in [6, 6.07) is 3.58. The maximum Gasteiger partial charge on any atom is 0.276 e. The van der Waals surface area contributed by atoms with Gasteiger partial charge in [-0.3, -0.25) is 9.48 Å². The van der Waals surface area contributed by atoms with Gasteiger partial charge in [0, 0.05) is 17.7 Å². The maximum absolute atomic E-state index is 13.5. The second kappa shape index (κ2) is 4.85. The summed E-state index contributed by atoms with van der Waals surface area (Å²) in [5.74, 6) is -2.38. The van der Waals surface area contributed by atoms with E-state index in [0.717, 1.165) is 12.1 Å². The number of aryl methyl sites for hydroxylation is 1. The van der Waals surface area contributed by atoms with Gasteiger partial charge in [0.05, 0.1) is 0 Å². The molecule has 2 rings (SSSR count). The van der Waals surface area contributed by atoms with Gasteiger partial charge >= 0.3 is 0 Å². The zero-order valence-corrected chi connectivity index (χ0v) is 10.8. The largest absolute Gasteiger partial charge is 0.316 e. The van der Waals surface area contributed by atoms with Gasteiger partial charge in [-0.15, -0.1) is 0 Å². The summed E-state index contributed by atoms with van der Waals surface area (Å²) in [4.78, 5) is 11.7. The molecule has 0 radical (unpaired) electrons. The van der Waals surface area contributed by atoms with E-state index in [4.69, 9.17) is 0 Å². The highest BCUT2D eigenvalue weighted by Gasteiger charge is 2.16. The molecule has 0 bridgehead atoms. The Morgan fingerprint density at radius 3 is 2.50 bits per heavy atom. The second-order valence-electron chi connectivity index (χ2n) is 3.57. The zero-order chi connectivity index (χ0) is 13.3. The van der Waals surface area contributed by atoms with Crippen LogP contribution in [0, 0.1) is 11.6 Å². The van der Waals surface area contributed by atoms with E-state index in [-0.39, 0.29) is 10.2 Å². The molecule has 18 heavy (non-hydrogen) atoms. The molecule has 1 aromatic heterocycles. The number of nitrogens with one attached hydrogen (secondary N) is 1. The fraction of sp³-hybridized carbons (Fsp3) is 0.0909. The van der Waals surface area contributed by atoms with E-state index in [1.807, 2.05) is 0 Å². The molecule has 1 aromatic carbocycles. The van der Waals surface area contributed by atoms with Gasteiger partial charge in [0.1, 0.15) is 5.69 Å². The van der Waals surface area contributed by atoms with Gasteiger partial charge in [0.15, 0.2) is 17.3 Å². The molecule has 0 spiro atoms. The molecule has 1 N–H and O–H groups in total. The van der Waals surface area contributed by atoms with Crippen molar-refractivity contribution in [3.8, 4) is 0 Å². The van der Waals surface area contributed by atoms with Crippen molar-refractivity contribution in [1.29, 1.82) is 0 Å². The van der Waals surface area contributed by atoms with Crippen LogP contribution >= 0.6 is 15.9 Å². The highest BCUT2D eigenvalue weighted by Crippen LogP contribution is 2.24. The van der Waals surface area contributed by atoms with Gasteiger partial charge in [-0.1, -0.05) is 15.9 Å². The van der Waals surface area contributed by atoms with Crippen LogP contribution in [-0.4, -0.2) is 15.7 Å². The van der Waals surface area contributed by atoms with Crippen molar-refractivity contribution in [3.63, 3.8) is 0 Å². The van der Waals surface area contributed by atoms with Crippen LogP contribution in [0.3, 0.4) is 0 Å². The smallest absolute Gasteiger partial charge is 0.276 e. The van der Waals surface area contributed by atoms with E-state index in [2.05, 4.69) is 26.3 Å². The number of benzene rings is 1. The first-order valence-corrected chi connectivity index (χ1v) is 5.72. The second-order valence-corrected chi connectivity index (χ2v) is 4.49. The number of nitrogens with zero attached hydrogens (tertiary/aromatic N) is 2. The lowest BCUT2D eigenvalue weighted by Gasteiger charge is -2.06. The Bertz CT molecular complexity index is 589. The zero-order valence-electron chi connectivity index (χ0n) is 9.25. The van der Waals surface area contributed by atoms with Crippen molar-refractivity contribution < 1.29 is 13.6 Å². The van der Waals surface area contributed by atoms with E-state index in [9.17, 15) is 13.6 Å².